The molecule has 0 saturated heterocycles. The standard InChI is InChI=1S/C14H11FN2O2/c15-10-7-5-9(6-8-10)13(18)17-14(19)11-3-1-2-4-12(11)16/h1-8H,16H2,(H,17,18,19). The van der Waals surface area contributed by atoms with Gasteiger partial charge in [-0.2, -0.15) is 0 Å². The number of hydrogen-bond acceptors (Lipinski definition) is 3. The van der Waals surface area contributed by atoms with Gasteiger partial charge in [0.15, 0.2) is 0 Å². The highest BCUT2D eigenvalue weighted by molar-refractivity contribution is 6.12. The SMILES string of the molecule is Nc1ccccc1C(=O)NC(=O)c1ccc(F)cc1. The molecule has 3 N–H and O–H groups in total. The molecule has 0 aliphatic heterocycles. The van der Waals surface area contributed by atoms with E-state index >= 15 is 0 Å². The Morgan fingerprint density at radius 1 is 0.947 bits per heavy atom. The summed E-state index contributed by atoms with van der Waals surface area (Å²) in [5.41, 5.74) is 6.34. The number of imide groups is 1. The van der Waals surface area contributed by atoms with E-state index in [-0.39, 0.29) is 16.8 Å². The van der Waals surface area contributed by atoms with Crippen LogP contribution in [0.5, 0.6) is 0 Å². The van der Waals surface area contributed by atoms with Crippen LogP contribution in [0.4, 0.5) is 10.1 Å². The molecule has 2 amide bonds. The summed E-state index contributed by atoms with van der Waals surface area (Å²) in [6.45, 7) is 0. The number of carbonyl (C=O) groups excluding carboxylic acids is 2. The number of benzene rings is 2. The number of carbonyl (C=O) groups is 2. The lowest BCUT2D eigenvalue weighted by molar-refractivity contribution is 0.0850. The van der Waals surface area contributed by atoms with Crippen LogP contribution in [0, 0.1) is 5.82 Å². The van der Waals surface area contributed by atoms with Crippen LogP contribution in [0.15, 0.2) is 48.5 Å². The van der Waals surface area contributed by atoms with Crippen LogP contribution in [-0.4, -0.2) is 11.8 Å². The molecule has 4 nitrogen and oxygen atoms in total. The van der Waals surface area contributed by atoms with Crippen LogP contribution in [0.3, 0.4) is 0 Å². The molecular weight excluding hydrogens is 247 g/mol. The van der Waals surface area contributed by atoms with Crippen LogP contribution in [-0.2, 0) is 0 Å². The second kappa shape index (κ2) is 5.30. The first-order valence-corrected chi connectivity index (χ1v) is 5.53. The fraction of sp³-hybridized carbons (Fsp3) is 0. The number of amides is 2. The molecule has 0 unspecified atom stereocenters. The zero-order valence-electron chi connectivity index (χ0n) is 9.89. The van der Waals surface area contributed by atoms with Crippen molar-refractivity contribution in [2.75, 3.05) is 5.73 Å². The predicted molar refractivity (Wildman–Crippen MR) is 69.1 cm³/mol. The molecule has 0 bridgehead atoms. The Labute approximate surface area is 109 Å². The Bertz CT molecular complexity index is 624. The number of nitrogens with two attached hydrogens (primary N) is 1. The van der Waals surface area contributed by atoms with Crippen molar-refractivity contribution in [2.24, 2.45) is 0 Å². The maximum absolute atomic E-state index is 12.7. The topological polar surface area (TPSA) is 72.2 Å². The van der Waals surface area contributed by atoms with E-state index in [1.54, 1.807) is 18.2 Å². The quantitative estimate of drug-likeness (QED) is 0.639. The highest BCUT2D eigenvalue weighted by Gasteiger charge is 2.13. The average molecular weight is 258 g/mol. The third-order valence-electron chi connectivity index (χ3n) is 2.54. The molecule has 0 aliphatic carbocycles. The number of hydrogen-bond donors (Lipinski definition) is 2. The van der Waals surface area contributed by atoms with Crippen molar-refractivity contribution in [3.8, 4) is 0 Å². The van der Waals surface area contributed by atoms with Crippen molar-refractivity contribution in [3.05, 3.63) is 65.5 Å². The Morgan fingerprint density at radius 2 is 1.58 bits per heavy atom. The molecule has 19 heavy (non-hydrogen) atoms. The fourth-order valence-electron chi connectivity index (χ4n) is 1.55. The van der Waals surface area contributed by atoms with Gasteiger partial charge in [-0.25, -0.2) is 4.39 Å². The van der Waals surface area contributed by atoms with E-state index in [1.807, 2.05) is 0 Å². The Kier molecular flexibility index (Phi) is 3.56. The zero-order valence-corrected chi connectivity index (χ0v) is 9.89. The van der Waals surface area contributed by atoms with Crippen LogP contribution in [0.1, 0.15) is 20.7 Å². The van der Waals surface area contributed by atoms with Crippen molar-refractivity contribution in [3.63, 3.8) is 0 Å². The predicted octanol–water partition coefficient (Wildman–Crippen LogP) is 1.98. The van der Waals surface area contributed by atoms with Gasteiger partial charge < -0.3 is 5.73 Å². The first-order valence-electron chi connectivity index (χ1n) is 5.53. The maximum Gasteiger partial charge on any atom is 0.260 e. The van der Waals surface area contributed by atoms with Gasteiger partial charge in [-0.15, -0.1) is 0 Å². The number of para-hydroxylation sites is 1. The monoisotopic (exact) mass is 258 g/mol. The van der Waals surface area contributed by atoms with E-state index in [4.69, 9.17) is 5.73 Å². The summed E-state index contributed by atoms with van der Waals surface area (Å²) in [4.78, 5) is 23.6. The van der Waals surface area contributed by atoms with Crippen molar-refractivity contribution in [1.82, 2.24) is 5.32 Å². The van der Waals surface area contributed by atoms with Crippen molar-refractivity contribution < 1.29 is 14.0 Å². The molecular formula is C14H11FN2O2. The first kappa shape index (κ1) is 12.8. The van der Waals surface area contributed by atoms with Gasteiger partial charge in [0.1, 0.15) is 5.82 Å². The van der Waals surface area contributed by atoms with E-state index in [9.17, 15) is 14.0 Å². The lowest BCUT2D eigenvalue weighted by Crippen LogP contribution is -2.30. The molecule has 96 valence electrons. The third-order valence-corrected chi connectivity index (χ3v) is 2.54. The Hall–Kier alpha value is -2.69. The highest BCUT2D eigenvalue weighted by atomic mass is 19.1. The molecule has 0 spiro atoms. The van der Waals surface area contributed by atoms with Crippen LogP contribution < -0.4 is 11.1 Å². The largest absolute Gasteiger partial charge is 0.398 e. The first-order chi connectivity index (χ1) is 9.08. The van der Waals surface area contributed by atoms with Crippen molar-refractivity contribution in [1.29, 1.82) is 0 Å². The second-order valence-corrected chi connectivity index (χ2v) is 3.88. The number of rotatable bonds is 2. The van der Waals surface area contributed by atoms with Crippen LogP contribution in [0.2, 0.25) is 0 Å². The van der Waals surface area contributed by atoms with Crippen molar-refractivity contribution >= 4 is 17.5 Å². The van der Waals surface area contributed by atoms with E-state index in [2.05, 4.69) is 5.32 Å². The zero-order chi connectivity index (χ0) is 13.8. The van der Waals surface area contributed by atoms with Gasteiger partial charge in [-0.1, -0.05) is 12.1 Å². The number of nitrogen functional groups attached to an aromatic ring is 1. The minimum atomic E-state index is -0.603. The van der Waals surface area contributed by atoms with E-state index in [0.29, 0.717) is 0 Å². The number of anilines is 1. The molecule has 0 aliphatic rings. The van der Waals surface area contributed by atoms with Crippen molar-refractivity contribution in [2.45, 2.75) is 0 Å². The molecule has 0 saturated carbocycles. The van der Waals surface area contributed by atoms with E-state index < -0.39 is 17.6 Å². The van der Waals surface area contributed by atoms with Gasteiger partial charge >= 0.3 is 0 Å². The summed E-state index contributed by atoms with van der Waals surface area (Å²) < 4.78 is 12.7. The normalized spacial score (nSPS) is 9.95. The summed E-state index contributed by atoms with van der Waals surface area (Å²) in [6.07, 6.45) is 0. The van der Waals surface area contributed by atoms with Gasteiger partial charge in [0.2, 0.25) is 0 Å². The van der Waals surface area contributed by atoms with Gasteiger partial charge in [0, 0.05) is 11.3 Å². The smallest absolute Gasteiger partial charge is 0.260 e. The van der Waals surface area contributed by atoms with Gasteiger partial charge in [0.25, 0.3) is 11.8 Å². The highest BCUT2D eigenvalue weighted by Crippen LogP contribution is 2.10. The molecule has 0 atom stereocenters. The lowest BCUT2D eigenvalue weighted by atomic mass is 10.1. The fourth-order valence-corrected chi connectivity index (χ4v) is 1.55. The summed E-state index contributed by atoms with van der Waals surface area (Å²) >= 11 is 0. The Balaban J connectivity index is 2.13. The van der Waals surface area contributed by atoms with Crippen LogP contribution in [0.25, 0.3) is 0 Å². The summed E-state index contributed by atoms with van der Waals surface area (Å²) in [5, 5.41) is 2.19. The summed E-state index contributed by atoms with van der Waals surface area (Å²) in [5.74, 6) is -1.64. The van der Waals surface area contributed by atoms with Gasteiger partial charge in [0.05, 0.1) is 5.56 Å². The molecule has 0 aromatic heterocycles. The Morgan fingerprint density at radius 3 is 2.21 bits per heavy atom. The maximum atomic E-state index is 12.7. The van der Waals surface area contributed by atoms with Gasteiger partial charge in [-0.3, -0.25) is 14.9 Å². The summed E-state index contributed by atoms with van der Waals surface area (Å²) in [7, 11) is 0. The number of halogens is 1. The molecule has 2 aromatic rings. The molecule has 2 rings (SSSR count). The second-order valence-electron chi connectivity index (χ2n) is 3.88. The molecule has 2 aromatic carbocycles. The molecule has 0 heterocycles. The molecule has 0 radical (unpaired) electrons. The number of nitrogens with one attached hydrogen (secondary N) is 1. The minimum Gasteiger partial charge on any atom is -0.398 e. The average Bonchev–Trinajstić information content (AvgIpc) is 2.39. The molecule has 0 fully saturated rings. The van der Waals surface area contributed by atoms with E-state index in [0.717, 1.165) is 12.1 Å². The minimum absolute atomic E-state index is 0.198. The lowest BCUT2D eigenvalue weighted by Gasteiger charge is -2.06. The van der Waals surface area contributed by atoms with Gasteiger partial charge in [-0.05, 0) is 36.4 Å². The third kappa shape index (κ3) is 2.95. The van der Waals surface area contributed by atoms with Crippen LogP contribution >= 0.6 is 0 Å². The van der Waals surface area contributed by atoms with E-state index in [1.165, 1.54) is 18.2 Å². The summed E-state index contributed by atoms with van der Waals surface area (Å²) in [6, 6.07) is 11.3. The molecule has 5 heteroatoms.